The normalized spacial score (nSPS) is 15.0. The molecule has 3 rings (SSSR count). The molecule has 7 nitrogen and oxygen atoms in total. The molecule has 1 aromatic heterocycles. The molecule has 0 radical (unpaired) electrons. The van der Waals surface area contributed by atoms with Crippen molar-refractivity contribution in [3.8, 4) is 11.3 Å². The van der Waals surface area contributed by atoms with Crippen molar-refractivity contribution in [2.24, 2.45) is 5.73 Å². The van der Waals surface area contributed by atoms with Gasteiger partial charge in [0.05, 0.1) is 16.3 Å². The number of thiocarbonyl (C=S) groups is 1. The quantitative estimate of drug-likeness (QED) is 0.337. The summed E-state index contributed by atoms with van der Waals surface area (Å²) in [5.74, 6) is -1.46. The fourth-order valence-electron chi connectivity index (χ4n) is 3.05. The summed E-state index contributed by atoms with van der Waals surface area (Å²) in [4.78, 5) is 41.2. The molecule has 1 aliphatic rings. The van der Waals surface area contributed by atoms with Crippen LogP contribution in [0.25, 0.3) is 17.3 Å². The van der Waals surface area contributed by atoms with Crippen molar-refractivity contribution < 1.29 is 19.5 Å². The number of carbonyl (C=O) groups excluding carboxylic acids is 2. The van der Waals surface area contributed by atoms with Gasteiger partial charge < -0.3 is 10.8 Å². The first kappa shape index (κ1) is 22.6. The Morgan fingerprint density at radius 1 is 1.13 bits per heavy atom. The monoisotopic (exact) mass is 455 g/mol. The van der Waals surface area contributed by atoms with Crippen LogP contribution in [0.1, 0.15) is 41.7 Å². The van der Waals surface area contributed by atoms with Gasteiger partial charge in [-0.2, -0.15) is 0 Å². The highest BCUT2D eigenvalue weighted by Gasteiger charge is 2.31. The fourth-order valence-corrected chi connectivity index (χ4v) is 4.34. The second-order valence-electron chi connectivity index (χ2n) is 6.93. The molecular formula is C22H21N3O4S2. The number of carboxylic acids is 1. The van der Waals surface area contributed by atoms with Gasteiger partial charge in [0.1, 0.15) is 4.32 Å². The Morgan fingerprint density at radius 3 is 2.55 bits per heavy atom. The van der Waals surface area contributed by atoms with Gasteiger partial charge in [-0.15, -0.1) is 0 Å². The number of pyridine rings is 1. The highest BCUT2D eigenvalue weighted by Crippen LogP contribution is 2.32. The molecule has 1 aromatic carbocycles. The van der Waals surface area contributed by atoms with E-state index in [0.717, 1.165) is 12.0 Å². The average molecular weight is 456 g/mol. The largest absolute Gasteiger partial charge is 0.481 e. The van der Waals surface area contributed by atoms with E-state index in [2.05, 4.69) is 4.98 Å². The molecule has 0 aliphatic carbocycles. The summed E-state index contributed by atoms with van der Waals surface area (Å²) < 4.78 is 0.493. The molecule has 2 amide bonds. The Bertz CT molecular complexity index is 1050. The molecule has 0 atom stereocenters. The number of benzene rings is 1. The molecule has 31 heavy (non-hydrogen) atoms. The number of nitrogens with zero attached hydrogens (tertiary/aromatic N) is 2. The van der Waals surface area contributed by atoms with Crippen molar-refractivity contribution in [2.75, 3.05) is 6.54 Å². The number of primary amides is 1. The molecule has 0 bridgehead atoms. The van der Waals surface area contributed by atoms with Gasteiger partial charge in [0.2, 0.25) is 5.91 Å². The van der Waals surface area contributed by atoms with Crippen LogP contribution in [0.3, 0.4) is 0 Å². The minimum atomic E-state index is -0.813. The van der Waals surface area contributed by atoms with E-state index in [4.69, 9.17) is 23.1 Å². The third-order valence-corrected chi connectivity index (χ3v) is 6.04. The van der Waals surface area contributed by atoms with Gasteiger partial charge in [-0.05, 0) is 43.2 Å². The molecule has 2 aromatic rings. The van der Waals surface area contributed by atoms with Crippen molar-refractivity contribution in [3.05, 3.63) is 58.6 Å². The fraction of sp³-hybridized carbons (Fsp3) is 0.227. The van der Waals surface area contributed by atoms with Crippen LogP contribution in [0, 0.1) is 0 Å². The van der Waals surface area contributed by atoms with Crippen molar-refractivity contribution in [2.45, 2.75) is 25.7 Å². The number of rotatable bonds is 9. The molecule has 1 saturated heterocycles. The second-order valence-corrected chi connectivity index (χ2v) is 8.60. The van der Waals surface area contributed by atoms with Crippen molar-refractivity contribution in [1.29, 1.82) is 0 Å². The van der Waals surface area contributed by atoms with Crippen molar-refractivity contribution in [3.63, 3.8) is 0 Å². The molecule has 1 aliphatic heterocycles. The van der Waals surface area contributed by atoms with E-state index in [0.29, 0.717) is 45.6 Å². The highest BCUT2D eigenvalue weighted by molar-refractivity contribution is 8.26. The van der Waals surface area contributed by atoms with Crippen LogP contribution < -0.4 is 5.73 Å². The number of unbranched alkanes of at least 4 members (excludes halogenated alkanes) is 2. The summed E-state index contributed by atoms with van der Waals surface area (Å²) in [5.41, 5.74) is 7.86. The lowest BCUT2D eigenvalue weighted by atomic mass is 10.1. The predicted molar refractivity (Wildman–Crippen MR) is 124 cm³/mol. The van der Waals surface area contributed by atoms with Crippen molar-refractivity contribution >= 4 is 52.2 Å². The zero-order valence-electron chi connectivity index (χ0n) is 16.6. The van der Waals surface area contributed by atoms with Crippen LogP contribution in [-0.2, 0) is 9.59 Å². The van der Waals surface area contributed by atoms with E-state index in [1.807, 2.05) is 12.1 Å². The molecule has 160 valence electrons. The minimum absolute atomic E-state index is 0.131. The molecule has 3 N–H and O–H groups in total. The number of aromatic nitrogens is 1. The standard InChI is InChI=1S/C22H21N3O4S2/c23-20(28)15-10-8-14(9-11-15)17-6-4-5-16(24-17)13-18-21(29)25(22(30)31-18)12-3-1-2-7-19(26)27/h4-6,8-11,13H,1-3,7,12H2,(H2,23,28)(H,26,27)/b18-13-. The van der Waals surface area contributed by atoms with Crippen molar-refractivity contribution in [1.82, 2.24) is 9.88 Å². The summed E-state index contributed by atoms with van der Waals surface area (Å²) >= 11 is 6.58. The first-order valence-electron chi connectivity index (χ1n) is 9.69. The molecule has 1 fully saturated rings. The highest BCUT2D eigenvalue weighted by atomic mass is 32.2. The summed E-state index contributed by atoms with van der Waals surface area (Å²) in [6.07, 6.45) is 3.84. The summed E-state index contributed by atoms with van der Waals surface area (Å²) in [6, 6.07) is 12.3. The summed E-state index contributed by atoms with van der Waals surface area (Å²) in [5, 5.41) is 8.69. The molecule has 0 spiro atoms. The third kappa shape index (κ3) is 5.99. The van der Waals surface area contributed by atoms with Gasteiger partial charge in [0, 0.05) is 24.1 Å². The minimum Gasteiger partial charge on any atom is -0.481 e. The number of carbonyl (C=O) groups is 3. The molecule has 0 saturated carbocycles. The maximum Gasteiger partial charge on any atom is 0.303 e. The van der Waals surface area contributed by atoms with E-state index in [1.54, 1.807) is 41.3 Å². The zero-order chi connectivity index (χ0) is 22.4. The maximum absolute atomic E-state index is 12.7. The summed E-state index contributed by atoms with van der Waals surface area (Å²) in [6.45, 7) is 0.474. The third-order valence-electron chi connectivity index (χ3n) is 4.66. The zero-order valence-corrected chi connectivity index (χ0v) is 18.2. The van der Waals surface area contributed by atoms with E-state index < -0.39 is 11.9 Å². The second kappa shape index (κ2) is 10.3. The first-order valence-corrected chi connectivity index (χ1v) is 10.9. The van der Waals surface area contributed by atoms with Gasteiger partial charge in [-0.25, -0.2) is 4.98 Å². The number of thioether (sulfide) groups is 1. The Hall–Kier alpha value is -3.04. The predicted octanol–water partition coefficient (Wildman–Crippen LogP) is 3.69. The summed E-state index contributed by atoms with van der Waals surface area (Å²) in [7, 11) is 0. The molecule has 9 heteroatoms. The number of hydrogen-bond acceptors (Lipinski definition) is 6. The number of hydrogen-bond donors (Lipinski definition) is 2. The van der Waals surface area contributed by atoms with Gasteiger partial charge >= 0.3 is 5.97 Å². The van der Waals surface area contributed by atoms with Crippen LogP contribution in [-0.4, -0.2) is 43.6 Å². The van der Waals surface area contributed by atoms with E-state index in [1.165, 1.54) is 11.8 Å². The average Bonchev–Trinajstić information content (AvgIpc) is 3.00. The lowest BCUT2D eigenvalue weighted by Crippen LogP contribution is -2.29. The molecule has 2 heterocycles. The topological polar surface area (TPSA) is 114 Å². The Morgan fingerprint density at radius 2 is 1.87 bits per heavy atom. The van der Waals surface area contributed by atoms with Gasteiger partial charge in [0.25, 0.3) is 5.91 Å². The van der Waals surface area contributed by atoms with Crippen LogP contribution in [0.5, 0.6) is 0 Å². The number of nitrogens with two attached hydrogens (primary N) is 1. The Labute approximate surface area is 189 Å². The van der Waals surface area contributed by atoms with Crippen LogP contribution >= 0.6 is 24.0 Å². The van der Waals surface area contributed by atoms with E-state index in [-0.39, 0.29) is 12.3 Å². The lowest BCUT2D eigenvalue weighted by molar-refractivity contribution is -0.137. The number of carboxylic acid groups (broad SMARTS) is 1. The Balaban J connectivity index is 1.68. The SMILES string of the molecule is NC(=O)c1ccc(-c2cccc(/C=C3\SC(=S)N(CCCCCC(=O)O)C3=O)n2)cc1. The number of aliphatic carboxylic acids is 1. The maximum atomic E-state index is 12.7. The van der Waals surface area contributed by atoms with Gasteiger partial charge in [0.15, 0.2) is 0 Å². The van der Waals surface area contributed by atoms with Crippen LogP contribution in [0.2, 0.25) is 0 Å². The molecule has 0 unspecified atom stereocenters. The van der Waals surface area contributed by atoms with E-state index >= 15 is 0 Å². The number of amides is 2. The van der Waals surface area contributed by atoms with Crippen LogP contribution in [0.4, 0.5) is 0 Å². The lowest BCUT2D eigenvalue weighted by Gasteiger charge is -2.13. The smallest absolute Gasteiger partial charge is 0.303 e. The molecular weight excluding hydrogens is 434 g/mol. The Kier molecular flexibility index (Phi) is 7.54. The van der Waals surface area contributed by atoms with Crippen LogP contribution in [0.15, 0.2) is 47.4 Å². The van der Waals surface area contributed by atoms with Gasteiger partial charge in [-0.3, -0.25) is 19.3 Å². The van der Waals surface area contributed by atoms with Gasteiger partial charge in [-0.1, -0.05) is 48.6 Å². The van der Waals surface area contributed by atoms with E-state index in [9.17, 15) is 14.4 Å². The first-order chi connectivity index (χ1) is 14.8.